The van der Waals surface area contributed by atoms with Crippen LogP contribution in [0.2, 0.25) is 0 Å². The molecule has 1 heterocycles. The van der Waals surface area contributed by atoms with Crippen LogP contribution in [0.4, 0.5) is 5.69 Å². The second-order valence-corrected chi connectivity index (χ2v) is 17.2. The fraction of sp³-hybridized carbons (Fsp3) is 0.667. The van der Waals surface area contributed by atoms with Crippen molar-refractivity contribution in [3.05, 3.63) is 60.7 Å². The van der Waals surface area contributed by atoms with E-state index in [0.717, 1.165) is 94.1 Å². The summed E-state index contributed by atoms with van der Waals surface area (Å²) in [5.41, 5.74) is 5.94. The molecule has 10 nitrogen and oxygen atoms in total. The van der Waals surface area contributed by atoms with Gasteiger partial charge >= 0.3 is 13.8 Å². The molecule has 0 aliphatic carbocycles. The van der Waals surface area contributed by atoms with Crippen molar-refractivity contribution in [3.8, 4) is 5.75 Å². The first-order chi connectivity index (χ1) is 28.7. The average molecular weight is 841 g/mol. The van der Waals surface area contributed by atoms with E-state index in [2.05, 4.69) is 38.2 Å². The number of carbonyl (C=O) groups excluding carboxylic acids is 4. The number of nitrogens with two attached hydrogens (primary N) is 1. The van der Waals surface area contributed by atoms with Gasteiger partial charge < -0.3 is 14.8 Å². The number of Topliss-reactive ketones (excluding diaryl/α,β-unsaturated/α-hetero) is 1. The van der Waals surface area contributed by atoms with Gasteiger partial charge in [-0.15, -0.1) is 0 Å². The second-order valence-electron chi connectivity index (χ2n) is 15.8. The topological polar surface area (TPSA) is 142 Å². The van der Waals surface area contributed by atoms with E-state index < -0.39 is 31.7 Å². The van der Waals surface area contributed by atoms with Crippen molar-refractivity contribution < 1.29 is 37.3 Å². The summed E-state index contributed by atoms with van der Waals surface area (Å²) in [7, 11) is -4.83. The molecule has 0 radical (unpaired) electrons. The van der Waals surface area contributed by atoms with Crippen molar-refractivity contribution in [1.82, 2.24) is 0 Å². The summed E-state index contributed by atoms with van der Waals surface area (Å²) in [4.78, 5) is 52.2. The van der Waals surface area contributed by atoms with Gasteiger partial charge in [-0.1, -0.05) is 153 Å². The molecule has 0 saturated carbocycles. The lowest BCUT2D eigenvalue weighted by atomic mass is 10.0. The van der Waals surface area contributed by atoms with E-state index in [4.69, 9.17) is 19.3 Å². The number of amides is 2. The fourth-order valence-corrected chi connectivity index (χ4v) is 8.34. The smallest absolute Gasteiger partial charge is 0.393 e. The van der Waals surface area contributed by atoms with Gasteiger partial charge in [-0.25, -0.2) is 9.46 Å². The SMILES string of the molecule is CCCCCCCCC=CCCCCCCCC(=O)OP(=O)(Oc1ccccc1N1C(=O)C=CC1=O)OC(CN)C(=O)CCCCCCCC=CCCCCCCCC. The highest BCUT2D eigenvalue weighted by atomic mass is 31.2. The number of hydrogen-bond acceptors (Lipinski definition) is 9. The summed E-state index contributed by atoms with van der Waals surface area (Å²) in [5, 5.41) is 0. The Bertz CT molecular complexity index is 1460. The van der Waals surface area contributed by atoms with Crippen molar-refractivity contribution in [2.24, 2.45) is 5.73 Å². The van der Waals surface area contributed by atoms with E-state index in [9.17, 15) is 23.7 Å². The number of unbranched alkanes of at least 4 members (excludes halogenated alkanes) is 22. The molecular formula is C48H77N2O8P. The zero-order valence-electron chi connectivity index (χ0n) is 36.6. The number of hydrogen-bond donors (Lipinski definition) is 1. The lowest BCUT2D eigenvalue weighted by Crippen LogP contribution is -2.33. The molecule has 2 unspecified atom stereocenters. The average Bonchev–Trinajstić information content (AvgIpc) is 3.56. The molecule has 1 aliphatic rings. The predicted octanol–water partition coefficient (Wildman–Crippen LogP) is 13.1. The van der Waals surface area contributed by atoms with Crippen LogP contribution in [0.25, 0.3) is 0 Å². The molecule has 0 fully saturated rings. The summed E-state index contributed by atoms with van der Waals surface area (Å²) >= 11 is 0. The van der Waals surface area contributed by atoms with Crippen molar-refractivity contribution in [2.45, 2.75) is 200 Å². The van der Waals surface area contributed by atoms with Crippen LogP contribution in [0.1, 0.15) is 194 Å². The minimum absolute atomic E-state index is 0.00597. The first-order valence-corrected chi connectivity index (χ1v) is 24.6. The third kappa shape index (κ3) is 23.9. The maximum absolute atomic E-state index is 14.3. The number of nitrogens with zero attached hydrogens (tertiary/aromatic N) is 1. The summed E-state index contributed by atoms with van der Waals surface area (Å²) in [6.07, 6.45) is 39.2. The number of phosphoric acid groups is 1. The van der Waals surface area contributed by atoms with Gasteiger partial charge in [0, 0.05) is 31.5 Å². The van der Waals surface area contributed by atoms with E-state index in [1.165, 1.54) is 89.2 Å². The fourth-order valence-electron chi connectivity index (χ4n) is 6.97. The van der Waals surface area contributed by atoms with Crippen molar-refractivity contribution in [3.63, 3.8) is 0 Å². The Kier molecular flexibility index (Phi) is 29.3. The number of carbonyl (C=O) groups is 4. The number of ketones is 1. The van der Waals surface area contributed by atoms with Crippen molar-refractivity contribution >= 4 is 37.1 Å². The van der Waals surface area contributed by atoms with E-state index in [-0.39, 0.29) is 36.6 Å². The number of para-hydroxylation sites is 2. The Labute approximate surface area is 356 Å². The van der Waals surface area contributed by atoms with E-state index in [1.54, 1.807) is 12.1 Å². The molecule has 332 valence electrons. The number of phosphoric ester groups is 1. The maximum atomic E-state index is 14.3. The van der Waals surface area contributed by atoms with Crippen LogP contribution < -0.4 is 15.2 Å². The zero-order valence-corrected chi connectivity index (χ0v) is 37.5. The summed E-state index contributed by atoms with van der Waals surface area (Å²) in [6, 6.07) is 5.94. The predicted molar refractivity (Wildman–Crippen MR) is 240 cm³/mol. The normalized spacial score (nSPS) is 14.5. The Morgan fingerprint density at radius 3 is 1.53 bits per heavy atom. The standard InChI is InChI=1S/C48H77N2O8P/c1-3-5-7-9-11-13-15-17-19-21-23-25-27-29-31-36-43(51)45(41-49)57-59(55,56-44-37-34-33-35-42(44)50-46(52)39-40-47(50)53)58-48(54)38-32-30-28-26-24-22-20-18-16-14-12-10-8-6-4-2/h17-20,33-35,37,39-40,45H,3-16,21-32,36,38,41,49H2,1-2H3. The Hall–Kier alpha value is -3.33. The molecule has 2 N–H and O–H groups in total. The maximum Gasteiger partial charge on any atom is 0.590 e. The molecule has 0 aromatic heterocycles. The van der Waals surface area contributed by atoms with Crippen molar-refractivity contribution in [2.75, 3.05) is 11.4 Å². The van der Waals surface area contributed by atoms with Crippen LogP contribution >= 0.6 is 7.82 Å². The van der Waals surface area contributed by atoms with Gasteiger partial charge in [0.2, 0.25) is 0 Å². The minimum Gasteiger partial charge on any atom is -0.393 e. The lowest BCUT2D eigenvalue weighted by Gasteiger charge is -2.24. The molecule has 2 rings (SSSR count). The highest BCUT2D eigenvalue weighted by Gasteiger charge is 2.40. The van der Waals surface area contributed by atoms with Crippen LogP contribution in [0.15, 0.2) is 60.7 Å². The van der Waals surface area contributed by atoms with Crippen LogP contribution in [0.5, 0.6) is 5.75 Å². The van der Waals surface area contributed by atoms with Crippen LogP contribution in [-0.4, -0.2) is 36.2 Å². The Morgan fingerprint density at radius 1 is 0.627 bits per heavy atom. The number of benzene rings is 1. The quantitative estimate of drug-likeness (QED) is 0.0298. The molecule has 0 bridgehead atoms. The Balaban J connectivity index is 1.86. The zero-order chi connectivity index (χ0) is 42.8. The monoisotopic (exact) mass is 841 g/mol. The number of imide groups is 1. The highest BCUT2D eigenvalue weighted by molar-refractivity contribution is 7.49. The molecule has 1 aromatic rings. The number of allylic oxidation sites excluding steroid dienone is 4. The first kappa shape index (κ1) is 51.8. The first-order valence-electron chi connectivity index (χ1n) is 23.1. The highest BCUT2D eigenvalue weighted by Crippen LogP contribution is 2.53. The third-order valence-corrected chi connectivity index (χ3v) is 11.9. The number of anilines is 1. The van der Waals surface area contributed by atoms with Crippen molar-refractivity contribution in [1.29, 1.82) is 0 Å². The molecular weight excluding hydrogens is 764 g/mol. The summed E-state index contributed by atoms with van der Waals surface area (Å²) in [6.45, 7) is 4.17. The van der Waals surface area contributed by atoms with Crippen LogP contribution in [0, 0.1) is 0 Å². The Morgan fingerprint density at radius 2 is 1.05 bits per heavy atom. The molecule has 0 saturated heterocycles. The van der Waals surface area contributed by atoms with Gasteiger partial charge in [-0.2, -0.15) is 0 Å². The molecule has 0 spiro atoms. The van der Waals surface area contributed by atoms with Gasteiger partial charge in [0.1, 0.15) is 6.10 Å². The van der Waals surface area contributed by atoms with Gasteiger partial charge in [-0.3, -0.25) is 23.7 Å². The molecule has 2 atom stereocenters. The van der Waals surface area contributed by atoms with E-state index in [1.807, 2.05) is 0 Å². The molecule has 2 amide bonds. The minimum atomic E-state index is -4.83. The molecule has 11 heteroatoms. The molecule has 1 aliphatic heterocycles. The van der Waals surface area contributed by atoms with E-state index in [0.29, 0.717) is 12.8 Å². The van der Waals surface area contributed by atoms with Crippen LogP contribution in [-0.2, 0) is 32.8 Å². The largest absolute Gasteiger partial charge is 0.590 e. The van der Waals surface area contributed by atoms with E-state index >= 15 is 0 Å². The van der Waals surface area contributed by atoms with Crippen LogP contribution in [0.3, 0.4) is 0 Å². The summed E-state index contributed by atoms with van der Waals surface area (Å²) in [5.74, 6) is -2.59. The molecule has 59 heavy (non-hydrogen) atoms. The van der Waals surface area contributed by atoms with Gasteiger partial charge in [0.05, 0.1) is 5.69 Å². The molecule has 1 aromatic carbocycles. The lowest BCUT2D eigenvalue weighted by molar-refractivity contribution is -0.137. The number of rotatable bonds is 38. The second kappa shape index (κ2) is 33.4. The third-order valence-electron chi connectivity index (χ3n) is 10.5. The summed E-state index contributed by atoms with van der Waals surface area (Å²) < 4.78 is 31.1. The van der Waals surface area contributed by atoms with Gasteiger partial charge in [0.25, 0.3) is 11.8 Å². The van der Waals surface area contributed by atoms with Gasteiger partial charge in [-0.05, 0) is 76.3 Å². The van der Waals surface area contributed by atoms with Gasteiger partial charge in [0.15, 0.2) is 11.5 Å².